The van der Waals surface area contributed by atoms with E-state index in [9.17, 15) is 19.2 Å². The van der Waals surface area contributed by atoms with E-state index in [0.717, 1.165) is 10.5 Å². The lowest BCUT2D eigenvalue weighted by Crippen LogP contribution is -2.35. The van der Waals surface area contributed by atoms with E-state index in [4.69, 9.17) is 5.73 Å². The first-order valence-corrected chi connectivity index (χ1v) is 8.38. The van der Waals surface area contributed by atoms with Crippen molar-refractivity contribution in [2.24, 2.45) is 5.73 Å². The van der Waals surface area contributed by atoms with Gasteiger partial charge in [-0.25, -0.2) is 0 Å². The number of hydrogen-bond acceptors (Lipinski definition) is 5. The molecule has 1 heterocycles. The largest absolute Gasteiger partial charge is 0.356 e. The second-order valence-electron chi connectivity index (χ2n) is 5.77. The highest BCUT2D eigenvalue weighted by Gasteiger charge is 2.23. The Kier molecular flexibility index (Phi) is 7.04. The zero-order valence-corrected chi connectivity index (χ0v) is 14.4. The Morgan fingerprint density at radius 2 is 1.58 bits per heavy atom. The fraction of sp³-hybridized carbons (Fsp3) is 0.333. The van der Waals surface area contributed by atoms with Gasteiger partial charge in [-0.1, -0.05) is 12.1 Å². The first-order chi connectivity index (χ1) is 12.5. The normalized spacial score (nSPS) is 13.2. The molecule has 0 saturated heterocycles. The molecule has 0 radical (unpaired) electrons. The minimum atomic E-state index is -0.398. The van der Waals surface area contributed by atoms with Gasteiger partial charge in [0.25, 0.3) is 17.7 Å². The van der Waals surface area contributed by atoms with Crippen LogP contribution in [0.3, 0.4) is 0 Å². The van der Waals surface area contributed by atoms with Crippen molar-refractivity contribution in [3.8, 4) is 0 Å². The van der Waals surface area contributed by atoms with Crippen LogP contribution >= 0.6 is 0 Å². The molecule has 0 aliphatic carbocycles. The van der Waals surface area contributed by atoms with Crippen molar-refractivity contribution < 1.29 is 19.2 Å². The fourth-order valence-corrected chi connectivity index (χ4v) is 2.37. The van der Waals surface area contributed by atoms with Crippen molar-refractivity contribution in [3.05, 3.63) is 47.5 Å². The third-order valence-corrected chi connectivity index (χ3v) is 3.88. The molecule has 26 heavy (non-hydrogen) atoms. The number of carbonyl (C=O) groups is 4. The monoisotopic (exact) mass is 358 g/mol. The van der Waals surface area contributed by atoms with Gasteiger partial charge in [0.15, 0.2) is 0 Å². The van der Waals surface area contributed by atoms with Crippen LogP contribution in [-0.4, -0.2) is 48.2 Å². The molecule has 1 aliphatic heterocycles. The maximum absolute atomic E-state index is 11.9. The highest BCUT2D eigenvalue weighted by Crippen LogP contribution is 2.04. The van der Waals surface area contributed by atoms with E-state index < -0.39 is 11.8 Å². The summed E-state index contributed by atoms with van der Waals surface area (Å²) >= 11 is 0. The summed E-state index contributed by atoms with van der Waals surface area (Å²) < 4.78 is 0. The van der Waals surface area contributed by atoms with Gasteiger partial charge in [0.1, 0.15) is 0 Å². The first-order valence-electron chi connectivity index (χ1n) is 8.38. The summed E-state index contributed by atoms with van der Waals surface area (Å²) in [6.45, 7) is 1.31. The van der Waals surface area contributed by atoms with Gasteiger partial charge in [-0.05, 0) is 24.1 Å². The van der Waals surface area contributed by atoms with E-state index in [-0.39, 0.29) is 24.8 Å². The molecule has 1 aliphatic rings. The van der Waals surface area contributed by atoms with Gasteiger partial charge < -0.3 is 16.4 Å². The predicted molar refractivity (Wildman–Crippen MR) is 94.8 cm³/mol. The van der Waals surface area contributed by atoms with Crippen LogP contribution in [0.2, 0.25) is 0 Å². The Labute approximate surface area is 151 Å². The summed E-state index contributed by atoms with van der Waals surface area (Å²) in [6.07, 6.45) is 3.00. The Bertz CT molecular complexity index is 694. The quantitative estimate of drug-likeness (QED) is 0.413. The summed E-state index contributed by atoms with van der Waals surface area (Å²) in [5.74, 6) is -1.23. The van der Waals surface area contributed by atoms with Crippen molar-refractivity contribution in [2.75, 3.05) is 19.6 Å². The van der Waals surface area contributed by atoms with Crippen molar-refractivity contribution in [1.82, 2.24) is 15.5 Å². The van der Waals surface area contributed by atoms with Crippen LogP contribution in [0.4, 0.5) is 0 Å². The number of amides is 4. The second-order valence-corrected chi connectivity index (χ2v) is 5.77. The Morgan fingerprint density at radius 1 is 0.962 bits per heavy atom. The van der Waals surface area contributed by atoms with Crippen molar-refractivity contribution >= 4 is 23.6 Å². The lowest BCUT2D eigenvalue weighted by Gasteiger charge is -2.13. The van der Waals surface area contributed by atoms with Crippen LogP contribution in [0, 0.1) is 0 Å². The minimum Gasteiger partial charge on any atom is -0.356 e. The zero-order chi connectivity index (χ0) is 18.9. The number of nitrogens with two attached hydrogens (primary N) is 1. The molecule has 2 rings (SSSR count). The second kappa shape index (κ2) is 9.47. The van der Waals surface area contributed by atoms with Crippen LogP contribution in [0.25, 0.3) is 0 Å². The predicted octanol–water partition coefficient (Wildman–Crippen LogP) is -0.303. The lowest BCUT2D eigenvalue weighted by molar-refractivity contribution is -0.137. The van der Waals surface area contributed by atoms with E-state index in [1.807, 2.05) is 0 Å². The van der Waals surface area contributed by atoms with Gasteiger partial charge in [-0.2, -0.15) is 0 Å². The minimum absolute atomic E-state index is 0.0546. The van der Waals surface area contributed by atoms with Crippen LogP contribution in [0.1, 0.15) is 28.8 Å². The average molecular weight is 358 g/mol. The van der Waals surface area contributed by atoms with Gasteiger partial charge >= 0.3 is 0 Å². The molecule has 0 unspecified atom stereocenters. The van der Waals surface area contributed by atoms with Crippen LogP contribution in [0.15, 0.2) is 36.4 Å². The van der Waals surface area contributed by atoms with Gasteiger partial charge in [-0.15, -0.1) is 0 Å². The van der Waals surface area contributed by atoms with Gasteiger partial charge in [-0.3, -0.25) is 24.1 Å². The molecule has 4 N–H and O–H groups in total. The summed E-state index contributed by atoms with van der Waals surface area (Å²) in [5.41, 5.74) is 7.02. The van der Waals surface area contributed by atoms with E-state index >= 15 is 0 Å². The Balaban J connectivity index is 1.58. The number of benzene rings is 1. The summed E-state index contributed by atoms with van der Waals surface area (Å²) in [4.78, 5) is 47.4. The molecule has 0 spiro atoms. The van der Waals surface area contributed by atoms with Gasteiger partial charge in [0.2, 0.25) is 5.91 Å². The summed E-state index contributed by atoms with van der Waals surface area (Å²) in [6, 6.07) is 7.05. The number of carbonyl (C=O) groups excluding carboxylic acids is 4. The van der Waals surface area contributed by atoms with Crippen molar-refractivity contribution in [3.63, 3.8) is 0 Å². The van der Waals surface area contributed by atoms with Crippen molar-refractivity contribution in [2.45, 2.75) is 19.4 Å². The smallest absolute Gasteiger partial charge is 0.253 e. The highest BCUT2D eigenvalue weighted by molar-refractivity contribution is 6.13. The molecular weight excluding hydrogens is 336 g/mol. The molecule has 0 saturated carbocycles. The maximum atomic E-state index is 11.9. The zero-order valence-electron chi connectivity index (χ0n) is 14.4. The summed E-state index contributed by atoms with van der Waals surface area (Å²) in [5, 5.41) is 5.46. The van der Waals surface area contributed by atoms with E-state index in [1.54, 1.807) is 24.3 Å². The molecule has 8 nitrogen and oxygen atoms in total. The standard InChI is InChI=1S/C18H22N4O4/c19-12-13-2-4-14(5-3-13)18(26)21-10-1-9-20-15(23)8-11-22-16(24)6-7-17(22)25/h2-7H,1,8-12,19H2,(H,20,23)(H,21,26). The van der Waals surface area contributed by atoms with Gasteiger partial charge in [0.05, 0.1) is 0 Å². The van der Waals surface area contributed by atoms with E-state index in [1.165, 1.54) is 12.2 Å². The molecule has 138 valence electrons. The van der Waals surface area contributed by atoms with Crippen LogP contribution in [0.5, 0.6) is 0 Å². The number of rotatable bonds is 9. The molecular formula is C18H22N4O4. The number of imide groups is 1. The Hall–Kier alpha value is -3.00. The molecule has 0 atom stereocenters. The van der Waals surface area contributed by atoms with Crippen LogP contribution in [-0.2, 0) is 20.9 Å². The SMILES string of the molecule is NCc1ccc(C(=O)NCCCNC(=O)CCN2C(=O)C=CC2=O)cc1. The number of nitrogens with zero attached hydrogens (tertiary/aromatic N) is 1. The number of hydrogen-bond donors (Lipinski definition) is 3. The highest BCUT2D eigenvalue weighted by atomic mass is 16.2. The number of nitrogens with one attached hydrogen (secondary N) is 2. The van der Waals surface area contributed by atoms with Crippen LogP contribution < -0.4 is 16.4 Å². The lowest BCUT2D eigenvalue weighted by atomic mass is 10.1. The fourth-order valence-electron chi connectivity index (χ4n) is 2.37. The molecule has 1 aromatic rings. The van der Waals surface area contributed by atoms with Gasteiger partial charge in [0, 0.05) is 50.3 Å². The molecule has 0 aromatic heterocycles. The van der Waals surface area contributed by atoms with Crippen molar-refractivity contribution in [1.29, 1.82) is 0 Å². The Morgan fingerprint density at radius 3 is 2.19 bits per heavy atom. The molecule has 1 aromatic carbocycles. The third-order valence-electron chi connectivity index (χ3n) is 3.88. The topological polar surface area (TPSA) is 122 Å². The summed E-state index contributed by atoms with van der Waals surface area (Å²) in [7, 11) is 0. The molecule has 4 amide bonds. The molecule has 0 fully saturated rings. The maximum Gasteiger partial charge on any atom is 0.253 e. The molecule has 0 bridgehead atoms. The third kappa shape index (κ3) is 5.52. The first kappa shape index (κ1) is 19.3. The average Bonchev–Trinajstić information content (AvgIpc) is 2.97. The van der Waals surface area contributed by atoms with E-state index in [0.29, 0.717) is 31.6 Å². The molecule has 8 heteroatoms. The van der Waals surface area contributed by atoms with E-state index in [2.05, 4.69) is 10.6 Å².